The van der Waals surface area contributed by atoms with E-state index in [2.05, 4.69) is 5.32 Å². The van der Waals surface area contributed by atoms with Crippen molar-refractivity contribution in [2.75, 3.05) is 5.75 Å². The molecule has 1 aliphatic heterocycles. The second-order valence-electron chi connectivity index (χ2n) is 3.56. The van der Waals surface area contributed by atoms with E-state index >= 15 is 0 Å². The van der Waals surface area contributed by atoms with Crippen molar-refractivity contribution in [2.45, 2.75) is 25.3 Å². The number of rotatable bonds is 5. The van der Waals surface area contributed by atoms with Crippen molar-refractivity contribution < 1.29 is 23.4 Å². The Labute approximate surface area is 102 Å². The third-order valence-electron chi connectivity index (χ3n) is 2.04. The highest BCUT2D eigenvalue weighted by molar-refractivity contribution is 8.00. The number of ether oxygens (including phenoxy) is 1. The van der Waals surface area contributed by atoms with E-state index in [1.807, 2.05) is 0 Å². The maximum absolute atomic E-state index is 11.8. The maximum Gasteiger partial charge on any atom is 0.373 e. The zero-order valence-electron chi connectivity index (χ0n) is 9.42. The first-order valence-corrected chi connectivity index (χ1v) is 5.89. The van der Waals surface area contributed by atoms with Gasteiger partial charge in [0.15, 0.2) is 0 Å². The molecule has 1 unspecified atom stereocenters. The Kier molecular flexibility index (Phi) is 4.39. The summed E-state index contributed by atoms with van der Waals surface area (Å²) in [6.07, 6.45) is -0.685. The van der Waals surface area contributed by atoms with Crippen LogP contribution in [0, 0.1) is 0 Å². The van der Waals surface area contributed by atoms with Crippen LogP contribution in [0.25, 0.3) is 0 Å². The predicted octanol–water partition coefficient (Wildman–Crippen LogP) is 2.50. The van der Waals surface area contributed by atoms with Gasteiger partial charge in [-0.3, -0.25) is 0 Å². The Morgan fingerprint density at radius 3 is 2.76 bits per heavy atom. The van der Waals surface area contributed by atoms with Gasteiger partial charge in [0, 0.05) is 12.7 Å². The number of allylic oxidation sites excluding steroid dienone is 2. The van der Waals surface area contributed by atoms with Crippen LogP contribution in [0.15, 0.2) is 23.6 Å². The number of hydrogen-bond donors (Lipinski definition) is 2. The minimum absolute atomic E-state index is 0.132. The molecule has 0 radical (unpaired) electrons. The van der Waals surface area contributed by atoms with E-state index in [0.717, 1.165) is 6.08 Å². The Balaban J connectivity index is 2.47. The molecule has 96 valence electrons. The van der Waals surface area contributed by atoms with E-state index in [1.165, 1.54) is 11.8 Å². The number of carboxylic acids is 1. The average molecular weight is 265 g/mol. The van der Waals surface area contributed by atoms with E-state index in [0.29, 0.717) is 11.4 Å². The van der Waals surface area contributed by atoms with Gasteiger partial charge in [0.2, 0.25) is 10.8 Å². The monoisotopic (exact) mass is 265 g/mol. The van der Waals surface area contributed by atoms with Crippen molar-refractivity contribution in [2.24, 2.45) is 0 Å². The van der Waals surface area contributed by atoms with Crippen LogP contribution in [-0.2, 0) is 9.53 Å². The highest BCUT2D eigenvalue weighted by Crippen LogP contribution is 2.33. The number of thioether (sulfide) groups is 1. The van der Waals surface area contributed by atoms with Gasteiger partial charge in [-0.15, -0.1) is 0 Å². The van der Waals surface area contributed by atoms with Gasteiger partial charge in [-0.2, -0.15) is 8.78 Å². The molecule has 0 fully saturated rings. The lowest BCUT2D eigenvalue weighted by Crippen LogP contribution is -2.35. The average Bonchev–Trinajstić information content (AvgIpc) is 2.50. The zero-order chi connectivity index (χ0) is 13.1. The highest BCUT2D eigenvalue weighted by Gasteiger charge is 2.37. The number of halogens is 2. The number of hydrogen-bond acceptors (Lipinski definition) is 4. The van der Waals surface area contributed by atoms with Gasteiger partial charge < -0.3 is 15.2 Å². The van der Waals surface area contributed by atoms with Crippen LogP contribution in [0.4, 0.5) is 8.78 Å². The lowest BCUT2D eigenvalue weighted by Gasteiger charge is -2.24. The van der Waals surface area contributed by atoms with Crippen molar-refractivity contribution in [3.8, 4) is 0 Å². The molecule has 0 aromatic rings. The molecular formula is C10H13F2NO3S. The van der Waals surface area contributed by atoms with Gasteiger partial charge in [-0.1, -0.05) is 11.8 Å². The predicted molar refractivity (Wildman–Crippen MR) is 60.3 cm³/mol. The van der Waals surface area contributed by atoms with E-state index in [1.54, 1.807) is 13.8 Å². The number of carboxylic acid groups (broad SMARTS) is 1. The summed E-state index contributed by atoms with van der Waals surface area (Å²) >= 11 is 1.24. The SMILES string of the molecule is CC1=C(C(=O)O)OC(C)(SCCC=C(F)F)N1. The van der Waals surface area contributed by atoms with Gasteiger partial charge in [-0.05, 0) is 19.4 Å². The van der Waals surface area contributed by atoms with E-state index in [9.17, 15) is 13.6 Å². The Hall–Kier alpha value is -1.24. The van der Waals surface area contributed by atoms with Crippen molar-refractivity contribution in [1.82, 2.24) is 5.32 Å². The molecule has 0 aliphatic carbocycles. The zero-order valence-corrected chi connectivity index (χ0v) is 10.2. The molecule has 0 aromatic carbocycles. The maximum atomic E-state index is 11.8. The van der Waals surface area contributed by atoms with Crippen LogP contribution in [0.3, 0.4) is 0 Å². The summed E-state index contributed by atoms with van der Waals surface area (Å²) in [4.78, 5) is 10.8. The third kappa shape index (κ3) is 3.92. The molecule has 0 saturated carbocycles. The van der Waals surface area contributed by atoms with Crippen LogP contribution in [0.1, 0.15) is 20.3 Å². The van der Waals surface area contributed by atoms with Gasteiger partial charge in [0.25, 0.3) is 6.08 Å². The van der Waals surface area contributed by atoms with Crippen molar-refractivity contribution in [1.29, 1.82) is 0 Å². The van der Waals surface area contributed by atoms with Crippen molar-refractivity contribution in [3.05, 3.63) is 23.6 Å². The summed E-state index contributed by atoms with van der Waals surface area (Å²) in [7, 11) is 0. The molecule has 0 bridgehead atoms. The number of aliphatic carboxylic acids is 1. The minimum atomic E-state index is -1.71. The normalized spacial score (nSPS) is 23.1. The van der Waals surface area contributed by atoms with Crippen LogP contribution < -0.4 is 5.32 Å². The summed E-state index contributed by atoms with van der Waals surface area (Å²) < 4.78 is 28.8. The molecule has 0 saturated heterocycles. The fourth-order valence-corrected chi connectivity index (χ4v) is 2.38. The van der Waals surface area contributed by atoms with E-state index in [4.69, 9.17) is 9.84 Å². The van der Waals surface area contributed by atoms with E-state index < -0.39 is 17.1 Å². The summed E-state index contributed by atoms with van der Waals surface area (Å²) in [5.41, 5.74) is 0.430. The molecule has 1 heterocycles. The second kappa shape index (κ2) is 5.39. The fraction of sp³-hybridized carbons (Fsp3) is 0.500. The third-order valence-corrected chi connectivity index (χ3v) is 3.22. The van der Waals surface area contributed by atoms with Crippen molar-refractivity contribution >= 4 is 17.7 Å². The van der Waals surface area contributed by atoms with Gasteiger partial charge >= 0.3 is 5.97 Å². The fourth-order valence-electron chi connectivity index (χ4n) is 1.39. The number of nitrogens with one attached hydrogen (secondary N) is 1. The molecule has 7 heteroatoms. The first-order valence-electron chi connectivity index (χ1n) is 4.90. The first kappa shape index (κ1) is 13.8. The Morgan fingerprint density at radius 2 is 2.29 bits per heavy atom. The Bertz CT molecular complexity index is 380. The molecular weight excluding hydrogens is 252 g/mol. The lowest BCUT2D eigenvalue weighted by molar-refractivity contribution is -0.137. The Morgan fingerprint density at radius 1 is 1.65 bits per heavy atom. The van der Waals surface area contributed by atoms with Crippen molar-refractivity contribution in [3.63, 3.8) is 0 Å². The molecule has 4 nitrogen and oxygen atoms in total. The molecule has 1 rings (SSSR count). The van der Waals surface area contributed by atoms with Gasteiger partial charge in [-0.25, -0.2) is 4.79 Å². The topological polar surface area (TPSA) is 58.6 Å². The highest BCUT2D eigenvalue weighted by atomic mass is 32.2. The summed E-state index contributed by atoms with van der Waals surface area (Å²) in [6.45, 7) is 3.25. The molecule has 0 spiro atoms. The van der Waals surface area contributed by atoms with Crippen LogP contribution in [0.5, 0.6) is 0 Å². The van der Waals surface area contributed by atoms with Crippen LogP contribution in [-0.4, -0.2) is 21.9 Å². The molecule has 1 aliphatic rings. The number of carbonyl (C=O) groups is 1. The van der Waals surface area contributed by atoms with E-state index in [-0.39, 0.29) is 12.2 Å². The largest absolute Gasteiger partial charge is 0.475 e. The molecule has 2 N–H and O–H groups in total. The lowest BCUT2D eigenvalue weighted by atomic mass is 10.4. The molecule has 0 aromatic heterocycles. The van der Waals surface area contributed by atoms with Gasteiger partial charge in [0.1, 0.15) is 0 Å². The minimum Gasteiger partial charge on any atom is -0.475 e. The first-order chi connectivity index (χ1) is 7.84. The second-order valence-corrected chi connectivity index (χ2v) is 5.04. The molecule has 17 heavy (non-hydrogen) atoms. The smallest absolute Gasteiger partial charge is 0.373 e. The standard InChI is InChI=1S/C10H13F2NO3S/c1-6-8(9(14)15)16-10(2,13-6)17-5-3-4-7(11)12/h4,13H,3,5H2,1-2H3,(H,14,15). The molecule has 1 atom stereocenters. The summed E-state index contributed by atoms with van der Waals surface area (Å²) in [5, 5.41) is 10.8. The van der Waals surface area contributed by atoms with Crippen LogP contribution >= 0.6 is 11.8 Å². The molecule has 0 amide bonds. The van der Waals surface area contributed by atoms with Crippen LogP contribution in [0.2, 0.25) is 0 Å². The summed E-state index contributed by atoms with van der Waals surface area (Å²) in [6, 6.07) is 0. The quantitative estimate of drug-likeness (QED) is 0.748. The summed E-state index contributed by atoms with van der Waals surface area (Å²) in [5.74, 6) is -0.873. The van der Waals surface area contributed by atoms with Gasteiger partial charge in [0.05, 0.1) is 5.70 Å².